The standard InChI is InChI=1S/C47H94NO11P/c1-3-5-7-9-11-13-15-17-18-19-20-21-22-23-24-25-27-29-31-33-35-37-41(50)48-39(40(49)36-34-32-30-28-26-16-14-12-10-8-6-4-2)38-58-60(56,57)59-47-45(54)43(52)42(51)44(53)46(47)55/h39-40,42-47,49,51-55H,3-38H2,1-2H3,(H,48,50)(H,56,57)/t39-,40+,42?,43+,44?,45?,46?,47?/m0/s1. The minimum absolute atomic E-state index is 0.243. The maximum absolute atomic E-state index is 13.0. The summed E-state index contributed by atoms with van der Waals surface area (Å²) in [5, 5.41) is 64.2. The highest BCUT2D eigenvalue weighted by Crippen LogP contribution is 2.47. The van der Waals surface area contributed by atoms with Crippen LogP contribution in [0, 0.1) is 0 Å². The molecule has 0 aromatic rings. The third-order valence-electron chi connectivity index (χ3n) is 12.4. The van der Waals surface area contributed by atoms with Gasteiger partial charge < -0.3 is 40.8 Å². The van der Waals surface area contributed by atoms with Gasteiger partial charge in [-0.1, -0.05) is 219 Å². The molecular weight excluding hydrogens is 785 g/mol. The quantitative estimate of drug-likeness (QED) is 0.0214. The Labute approximate surface area is 366 Å². The summed E-state index contributed by atoms with van der Waals surface area (Å²) in [5.41, 5.74) is 0. The highest BCUT2D eigenvalue weighted by Gasteiger charge is 2.51. The maximum atomic E-state index is 13.0. The van der Waals surface area contributed by atoms with Crippen molar-refractivity contribution in [3.05, 3.63) is 0 Å². The van der Waals surface area contributed by atoms with Gasteiger partial charge in [-0.2, -0.15) is 0 Å². The zero-order chi connectivity index (χ0) is 44.3. The van der Waals surface area contributed by atoms with E-state index in [0.29, 0.717) is 19.3 Å². The first-order valence-corrected chi connectivity index (χ1v) is 26.5. The van der Waals surface area contributed by atoms with E-state index >= 15 is 0 Å². The highest BCUT2D eigenvalue weighted by atomic mass is 31.2. The van der Waals surface area contributed by atoms with Crippen LogP contribution in [-0.2, 0) is 18.4 Å². The Morgan fingerprint density at radius 2 is 0.800 bits per heavy atom. The number of phosphoric acid groups is 1. The molecule has 6 unspecified atom stereocenters. The molecule has 8 N–H and O–H groups in total. The first-order chi connectivity index (χ1) is 28.9. The van der Waals surface area contributed by atoms with Gasteiger partial charge in [-0.25, -0.2) is 4.57 Å². The molecule has 60 heavy (non-hydrogen) atoms. The molecule has 13 heteroatoms. The second-order valence-corrected chi connectivity index (χ2v) is 19.4. The molecular formula is C47H94NO11P. The van der Waals surface area contributed by atoms with Gasteiger partial charge in [0.05, 0.1) is 18.8 Å². The number of amides is 1. The Bertz CT molecular complexity index is 1030. The number of aliphatic hydroxyl groups is 6. The molecule has 9 atom stereocenters. The van der Waals surface area contributed by atoms with Crippen molar-refractivity contribution in [1.29, 1.82) is 0 Å². The number of rotatable bonds is 42. The first kappa shape index (κ1) is 57.4. The van der Waals surface area contributed by atoms with Gasteiger partial charge in [-0.05, 0) is 12.8 Å². The van der Waals surface area contributed by atoms with Crippen LogP contribution in [0.5, 0.6) is 0 Å². The lowest BCUT2D eigenvalue weighted by Crippen LogP contribution is -2.64. The van der Waals surface area contributed by atoms with Crippen molar-refractivity contribution in [2.24, 2.45) is 0 Å². The average molecular weight is 880 g/mol. The third kappa shape index (κ3) is 28.9. The van der Waals surface area contributed by atoms with Crippen molar-refractivity contribution in [3.8, 4) is 0 Å². The molecule has 1 aliphatic carbocycles. The number of hydrogen-bond acceptors (Lipinski definition) is 10. The van der Waals surface area contributed by atoms with Crippen molar-refractivity contribution in [1.82, 2.24) is 5.32 Å². The summed E-state index contributed by atoms with van der Waals surface area (Å²) in [6.45, 7) is 3.90. The lowest BCUT2D eigenvalue weighted by Gasteiger charge is -2.41. The van der Waals surface area contributed by atoms with Gasteiger partial charge in [0.15, 0.2) is 0 Å². The van der Waals surface area contributed by atoms with Gasteiger partial charge in [0.1, 0.15) is 36.6 Å². The molecule has 1 fully saturated rings. The molecule has 0 bridgehead atoms. The number of unbranched alkanes of at least 4 members (excludes halogenated alkanes) is 31. The van der Waals surface area contributed by atoms with Crippen molar-refractivity contribution >= 4 is 13.7 Å². The Hall–Kier alpha value is -0.660. The summed E-state index contributed by atoms with van der Waals surface area (Å²) in [6.07, 6.45) is 28.5. The monoisotopic (exact) mass is 880 g/mol. The molecule has 0 aromatic carbocycles. The van der Waals surface area contributed by atoms with Crippen molar-refractivity contribution < 1.29 is 53.9 Å². The number of nitrogens with one attached hydrogen (secondary N) is 1. The molecule has 0 spiro atoms. The predicted molar refractivity (Wildman–Crippen MR) is 242 cm³/mol. The molecule has 0 aromatic heterocycles. The minimum Gasteiger partial charge on any atom is -0.391 e. The molecule has 1 amide bonds. The van der Waals surface area contributed by atoms with E-state index in [2.05, 4.69) is 19.2 Å². The van der Waals surface area contributed by atoms with E-state index in [0.717, 1.165) is 38.5 Å². The molecule has 1 saturated carbocycles. The van der Waals surface area contributed by atoms with E-state index in [9.17, 15) is 44.9 Å². The Morgan fingerprint density at radius 3 is 1.15 bits per heavy atom. The third-order valence-corrected chi connectivity index (χ3v) is 13.4. The summed E-state index contributed by atoms with van der Waals surface area (Å²) >= 11 is 0. The largest absolute Gasteiger partial charge is 0.472 e. The van der Waals surface area contributed by atoms with Crippen LogP contribution in [0.15, 0.2) is 0 Å². The van der Waals surface area contributed by atoms with Crippen LogP contribution in [0.25, 0.3) is 0 Å². The van der Waals surface area contributed by atoms with Crippen LogP contribution < -0.4 is 5.32 Å². The lowest BCUT2D eigenvalue weighted by atomic mass is 9.85. The average Bonchev–Trinajstić information content (AvgIpc) is 3.23. The van der Waals surface area contributed by atoms with Crippen LogP contribution in [0.3, 0.4) is 0 Å². The molecule has 12 nitrogen and oxygen atoms in total. The van der Waals surface area contributed by atoms with Crippen LogP contribution in [0.4, 0.5) is 0 Å². The van der Waals surface area contributed by atoms with E-state index in [-0.39, 0.29) is 12.3 Å². The number of aliphatic hydroxyl groups excluding tert-OH is 6. The van der Waals surface area contributed by atoms with Crippen LogP contribution >= 0.6 is 7.82 Å². The van der Waals surface area contributed by atoms with Crippen LogP contribution in [0.1, 0.15) is 239 Å². The van der Waals surface area contributed by atoms with Crippen molar-refractivity contribution in [3.63, 3.8) is 0 Å². The van der Waals surface area contributed by atoms with Gasteiger partial charge in [0.25, 0.3) is 0 Å². The fourth-order valence-corrected chi connectivity index (χ4v) is 9.29. The highest BCUT2D eigenvalue weighted by molar-refractivity contribution is 7.47. The first-order valence-electron chi connectivity index (χ1n) is 25.0. The summed E-state index contributed by atoms with van der Waals surface area (Å²) in [7, 11) is -5.05. The lowest BCUT2D eigenvalue weighted by molar-refractivity contribution is -0.220. The van der Waals surface area contributed by atoms with Crippen LogP contribution in [0.2, 0.25) is 0 Å². The summed E-state index contributed by atoms with van der Waals surface area (Å²) in [6, 6.07) is -1.02. The molecule has 1 rings (SSSR count). The van der Waals surface area contributed by atoms with Gasteiger partial charge in [0.2, 0.25) is 5.91 Å². The number of carbonyl (C=O) groups is 1. The smallest absolute Gasteiger partial charge is 0.391 e. The normalized spacial score (nSPS) is 22.8. The Kier molecular flexibility index (Phi) is 36.0. The van der Waals surface area contributed by atoms with E-state index in [1.807, 2.05) is 0 Å². The second kappa shape index (κ2) is 37.7. The fraction of sp³-hybridized carbons (Fsp3) is 0.979. The topological polar surface area (TPSA) is 206 Å². The van der Waals surface area contributed by atoms with Crippen LogP contribution in [-0.4, -0.2) is 96.8 Å². The van der Waals surface area contributed by atoms with Gasteiger partial charge >= 0.3 is 7.82 Å². The van der Waals surface area contributed by atoms with Gasteiger partial charge in [-0.15, -0.1) is 0 Å². The molecule has 1 aliphatic rings. The molecule has 0 heterocycles. The zero-order valence-electron chi connectivity index (χ0n) is 38.3. The molecule has 0 saturated heterocycles. The summed E-state index contributed by atoms with van der Waals surface area (Å²) in [5.74, 6) is -0.304. The van der Waals surface area contributed by atoms with E-state index in [4.69, 9.17) is 9.05 Å². The Balaban J connectivity index is 2.37. The Morgan fingerprint density at radius 1 is 0.500 bits per heavy atom. The fourth-order valence-electron chi connectivity index (χ4n) is 8.32. The summed E-state index contributed by atoms with van der Waals surface area (Å²) < 4.78 is 23.0. The van der Waals surface area contributed by atoms with Gasteiger partial charge in [-0.3, -0.25) is 13.8 Å². The SMILES string of the molecule is CCCCCCCCCCCCCCCCCCCCCCCC(=O)N[C@@H](COP(=O)(O)OC1C(O)C(O)C(O)[C@@H](O)C1O)[C@H](O)CCCCCCCCCCCCCC. The maximum Gasteiger partial charge on any atom is 0.472 e. The number of phosphoric ester groups is 1. The molecule has 358 valence electrons. The summed E-state index contributed by atoms with van der Waals surface area (Å²) in [4.78, 5) is 23.4. The van der Waals surface area contributed by atoms with E-state index in [1.54, 1.807) is 0 Å². The van der Waals surface area contributed by atoms with E-state index < -0.39 is 63.2 Å². The zero-order valence-corrected chi connectivity index (χ0v) is 39.2. The van der Waals surface area contributed by atoms with Crippen molar-refractivity contribution in [2.45, 2.75) is 287 Å². The molecule has 0 aliphatic heterocycles. The van der Waals surface area contributed by atoms with E-state index in [1.165, 1.54) is 161 Å². The number of hydrogen-bond donors (Lipinski definition) is 8. The van der Waals surface area contributed by atoms with Crippen molar-refractivity contribution in [2.75, 3.05) is 6.61 Å². The minimum atomic E-state index is -5.05. The predicted octanol–water partition coefficient (Wildman–Crippen LogP) is 9.85. The number of carbonyl (C=O) groups excluding carboxylic acids is 1. The second-order valence-electron chi connectivity index (χ2n) is 18.0. The molecule has 0 radical (unpaired) electrons. The van der Waals surface area contributed by atoms with Gasteiger partial charge in [0, 0.05) is 6.42 Å².